The maximum Gasteiger partial charge on any atom is 0.379 e. The molecule has 8 heavy (non-hydrogen) atoms. The van der Waals surface area contributed by atoms with Crippen LogP contribution >= 0.6 is 0 Å². The van der Waals surface area contributed by atoms with E-state index in [0.29, 0.717) is 6.61 Å². The Balaban J connectivity index is 0.000000490. The second kappa shape index (κ2) is 3.07. The first-order valence-corrected chi connectivity index (χ1v) is 2.16. The van der Waals surface area contributed by atoms with Crippen molar-refractivity contribution in [3.8, 4) is 0 Å². The van der Waals surface area contributed by atoms with Crippen LogP contribution in [0.1, 0.15) is 6.92 Å². The van der Waals surface area contributed by atoms with Gasteiger partial charge < -0.3 is 9.47 Å². The monoisotopic (exact) mass is 165 g/mol. The first-order valence-electron chi connectivity index (χ1n) is 2.16. The molecule has 4 heteroatoms. The van der Waals surface area contributed by atoms with Gasteiger partial charge in [0.2, 0.25) is 0 Å². The molecule has 0 saturated carbocycles. The van der Waals surface area contributed by atoms with Crippen molar-refractivity contribution in [2.24, 2.45) is 0 Å². The molecule has 1 radical (unpaired) electrons. The number of hydrogen-bond donors (Lipinski definition) is 0. The summed E-state index contributed by atoms with van der Waals surface area (Å²) in [7, 11) is 0. The zero-order valence-electron chi connectivity index (χ0n) is 4.31. The standard InChI is InChI=1S/C4H6O3.Cu/c1-2-6-4-3(5)7-4;/h4H,2H2,1H3;. The minimum atomic E-state index is -0.523. The molecule has 1 aliphatic heterocycles. The Morgan fingerprint density at radius 1 is 1.88 bits per heavy atom. The summed E-state index contributed by atoms with van der Waals surface area (Å²) in [6.45, 7) is 2.35. The van der Waals surface area contributed by atoms with Crippen LogP contribution in [0.5, 0.6) is 0 Å². The number of carbonyl (C=O) groups is 1. The Labute approximate surface area is 57.8 Å². The largest absolute Gasteiger partial charge is 0.419 e. The van der Waals surface area contributed by atoms with Gasteiger partial charge in [-0.2, -0.15) is 0 Å². The van der Waals surface area contributed by atoms with Gasteiger partial charge >= 0.3 is 12.3 Å². The molecule has 0 amide bonds. The van der Waals surface area contributed by atoms with Crippen molar-refractivity contribution in [2.75, 3.05) is 6.61 Å². The molecule has 0 spiro atoms. The third-order valence-electron chi connectivity index (χ3n) is 0.676. The normalized spacial score (nSPS) is 23.6. The zero-order chi connectivity index (χ0) is 5.28. The molecule has 0 aliphatic carbocycles. The van der Waals surface area contributed by atoms with E-state index in [0.717, 1.165) is 0 Å². The molecule has 1 heterocycles. The first kappa shape index (κ1) is 7.95. The molecule has 0 aromatic carbocycles. The van der Waals surface area contributed by atoms with Gasteiger partial charge in [0.1, 0.15) is 0 Å². The summed E-state index contributed by atoms with van der Waals surface area (Å²) in [5, 5.41) is 0. The predicted molar refractivity (Wildman–Crippen MR) is 21.5 cm³/mol. The number of rotatable bonds is 2. The van der Waals surface area contributed by atoms with E-state index < -0.39 is 6.29 Å². The van der Waals surface area contributed by atoms with Crippen molar-refractivity contribution in [1.29, 1.82) is 0 Å². The second-order valence-corrected chi connectivity index (χ2v) is 1.22. The smallest absolute Gasteiger partial charge is 0.379 e. The van der Waals surface area contributed by atoms with Gasteiger partial charge in [0.25, 0.3) is 0 Å². The summed E-state index contributed by atoms with van der Waals surface area (Å²) >= 11 is 0. The van der Waals surface area contributed by atoms with E-state index in [4.69, 9.17) is 4.74 Å². The van der Waals surface area contributed by atoms with Crippen molar-refractivity contribution in [1.82, 2.24) is 0 Å². The molecule has 1 saturated heterocycles. The third kappa shape index (κ3) is 1.82. The number of epoxide rings is 1. The van der Waals surface area contributed by atoms with E-state index in [1.54, 1.807) is 0 Å². The van der Waals surface area contributed by atoms with Gasteiger partial charge in [-0.25, -0.2) is 4.79 Å². The average molecular weight is 166 g/mol. The molecule has 3 nitrogen and oxygen atoms in total. The Kier molecular flexibility index (Phi) is 3.05. The fourth-order valence-corrected chi connectivity index (χ4v) is 0.325. The maximum absolute atomic E-state index is 9.93. The SMILES string of the molecule is CCOC1OC1=O.[Cu]. The van der Waals surface area contributed by atoms with E-state index in [2.05, 4.69) is 4.74 Å². The van der Waals surface area contributed by atoms with E-state index in [1.807, 2.05) is 6.92 Å². The van der Waals surface area contributed by atoms with Crippen LogP contribution in [-0.4, -0.2) is 18.9 Å². The summed E-state index contributed by atoms with van der Waals surface area (Å²) < 4.78 is 8.99. The molecule has 1 atom stereocenters. The Bertz CT molecular complexity index is 93.3. The molecule has 1 aliphatic rings. The molecule has 51 valence electrons. The second-order valence-electron chi connectivity index (χ2n) is 1.22. The minimum Gasteiger partial charge on any atom is -0.419 e. The fraction of sp³-hybridized carbons (Fsp3) is 0.750. The molecule has 0 bridgehead atoms. The van der Waals surface area contributed by atoms with Gasteiger partial charge in [0, 0.05) is 23.7 Å². The van der Waals surface area contributed by atoms with Crippen LogP contribution in [0.3, 0.4) is 0 Å². The van der Waals surface area contributed by atoms with Gasteiger partial charge in [-0.05, 0) is 6.92 Å². The Morgan fingerprint density at radius 3 is 2.50 bits per heavy atom. The summed E-state index contributed by atoms with van der Waals surface area (Å²) in [5.74, 6) is -0.248. The quantitative estimate of drug-likeness (QED) is 0.424. The third-order valence-corrected chi connectivity index (χ3v) is 0.676. The van der Waals surface area contributed by atoms with Crippen LogP contribution in [0.4, 0.5) is 0 Å². The van der Waals surface area contributed by atoms with Crippen LogP contribution in [0.15, 0.2) is 0 Å². The van der Waals surface area contributed by atoms with Crippen molar-refractivity contribution < 1.29 is 31.3 Å². The molecule has 0 N–H and O–H groups in total. The van der Waals surface area contributed by atoms with E-state index in [1.165, 1.54) is 0 Å². The molecule has 1 fully saturated rings. The number of hydrogen-bond acceptors (Lipinski definition) is 3. The topological polar surface area (TPSA) is 38.8 Å². The van der Waals surface area contributed by atoms with Gasteiger partial charge in [0.15, 0.2) is 0 Å². The van der Waals surface area contributed by atoms with Crippen LogP contribution in [-0.2, 0) is 31.3 Å². The summed E-state index contributed by atoms with van der Waals surface area (Å²) in [5.41, 5.74) is 0. The van der Waals surface area contributed by atoms with Crippen LogP contribution < -0.4 is 0 Å². The van der Waals surface area contributed by atoms with Crippen LogP contribution in [0.2, 0.25) is 0 Å². The summed E-state index contributed by atoms with van der Waals surface area (Å²) in [6.07, 6.45) is -0.523. The van der Waals surface area contributed by atoms with Crippen molar-refractivity contribution in [3.05, 3.63) is 0 Å². The molecular formula is C4H6CuO3. The van der Waals surface area contributed by atoms with Crippen molar-refractivity contribution in [2.45, 2.75) is 13.2 Å². The summed E-state index contributed by atoms with van der Waals surface area (Å²) in [6, 6.07) is 0. The molecule has 0 aromatic heterocycles. The fourth-order valence-electron chi connectivity index (χ4n) is 0.325. The number of ether oxygens (including phenoxy) is 2. The Hall–Kier alpha value is -0.0505. The van der Waals surface area contributed by atoms with E-state index >= 15 is 0 Å². The van der Waals surface area contributed by atoms with Gasteiger partial charge in [-0.1, -0.05) is 0 Å². The molecule has 1 unspecified atom stereocenters. The van der Waals surface area contributed by atoms with Gasteiger partial charge in [-0.3, -0.25) is 0 Å². The van der Waals surface area contributed by atoms with Crippen LogP contribution in [0.25, 0.3) is 0 Å². The maximum atomic E-state index is 9.93. The Morgan fingerprint density at radius 2 is 2.38 bits per heavy atom. The predicted octanol–water partition coefficient (Wildman–Crippen LogP) is -0.0967. The van der Waals surface area contributed by atoms with Gasteiger partial charge in [-0.15, -0.1) is 0 Å². The summed E-state index contributed by atoms with van der Waals surface area (Å²) in [4.78, 5) is 9.93. The molecule has 1 rings (SSSR count). The molecule has 0 aromatic rings. The van der Waals surface area contributed by atoms with Crippen molar-refractivity contribution in [3.63, 3.8) is 0 Å². The van der Waals surface area contributed by atoms with Crippen LogP contribution in [0, 0.1) is 0 Å². The number of cyclic esters (lactones) is 1. The van der Waals surface area contributed by atoms with Crippen molar-refractivity contribution >= 4 is 5.97 Å². The zero-order valence-corrected chi connectivity index (χ0v) is 5.25. The van der Waals surface area contributed by atoms with E-state index in [9.17, 15) is 4.79 Å². The average Bonchev–Trinajstić information content (AvgIpc) is 2.22. The van der Waals surface area contributed by atoms with E-state index in [-0.39, 0.29) is 23.0 Å². The number of carbonyl (C=O) groups excluding carboxylic acids is 1. The molecular weight excluding hydrogens is 160 g/mol. The van der Waals surface area contributed by atoms with Gasteiger partial charge in [0.05, 0.1) is 0 Å². The first-order chi connectivity index (χ1) is 3.34. The minimum absolute atomic E-state index is 0.